The minimum atomic E-state index is -0.00694. The lowest BCUT2D eigenvalue weighted by molar-refractivity contribution is -0.121. The van der Waals surface area contributed by atoms with Gasteiger partial charge in [0, 0.05) is 0 Å². The van der Waals surface area contributed by atoms with Gasteiger partial charge in [0.1, 0.15) is 5.78 Å². The minimum Gasteiger partial charge on any atom is -0.310 e. The number of carbonyl (C=O) groups excluding carboxylic acids is 1. The molecule has 0 aromatic rings. The number of carbonyl (C=O) groups is 1. The lowest BCUT2D eigenvalue weighted by atomic mass is 9.80. The molecule has 0 aromatic carbocycles. The highest BCUT2D eigenvalue weighted by Crippen LogP contribution is 2.24. The summed E-state index contributed by atoms with van der Waals surface area (Å²) in [5, 5.41) is 3.04. The molecular weight excluding hydrogens is 138 g/mol. The summed E-state index contributed by atoms with van der Waals surface area (Å²) in [6.45, 7) is 7.96. The first-order valence-electron chi connectivity index (χ1n) is 4.13. The van der Waals surface area contributed by atoms with Gasteiger partial charge in [-0.2, -0.15) is 0 Å². The van der Waals surface area contributed by atoms with Gasteiger partial charge in [-0.3, -0.25) is 4.79 Å². The molecule has 0 spiro atoms. The molecular formula is C9H19NO. The number of ketones is 1. The normalized spacial score (nSPS) is 14.6. The van der Waals surface area contributed by atoms with Crippen molar-refractivity contribution in [3.8, 4) is 0 Å². The standard InChI is InChI=1S/C9H19NO/c1-6-9(3,4)8(10-5)7(2)11/h8,10H,6H2,1-5H3/t8-/m1/s1. The van der Waals surface area contributed by atoms with E-state index < -0.39 is 0 Å². The molecule has 11 heavy (non-hydrogen) atoms. The van der Waals surface area contributed by atoms with E-state index in [1.165, 1.54) is 0 Å². The van der Waals surface area contributed by atoms with Crippen molar-refractivity contribution in [3.63, 3.8) is 0 Å². The molecule has 0 radical (unpaired) electrons. The predicted octanol–water partition coefficient (Wildman–Crippen LogP) is 1.60. The summed E-state index contributed by atoms with van der Waals surface area (Å²) >= 11 is 0. The maximum atomic E-state index is 11.1. The van der Waals surface area contributed by atoms with Gasteiger partial charge in [-0.05, 0) is 25.8 Å². The molecule has 0 aliphatic heterocycles. The van der Waals surface area contributed by atoms with Crippen LogP contribution in [0.2, 0.25) is 0 Å². The Bertz CT molecular complexity index is 140. The predicted molar refractivity (Wildman–Crippen MR) is 47.6 cm³/mol. The number of hydrogen-bond donors (Lipinski definition) is 1. The monoisotopic (exact) mass is 157 g/mol. The number of nitrogens with one attached hydrogen (secondary N) is 1. The Hall–Kier alpha value is -0.370. The molecule has 1 atom stereocenters. The zero-order valence-corrected chi connectivity index (χ0v) is 8.19. The molecule has 0 saturated carbocycles. The fourth-order valence-electron chi connectivity index (χ4n) is 1.35. The van der Waals surface area contributed by atoms with E-state index in [0.29, 0.717) is 0 Å². The van der Waals surface area contributed by atoms with Crippen molar-refractivity contribution >= 4 is 5.78 Å². The molecule has 1 N–H and O–H groups in total. The molecule has 0 unspecified atom stereocenters. The second-order valence-electron chi connectivity index (χ2n) is 3.67. The van der Waals surface area contributed by atoms with Crippen LogP contribution in [-0.2, 0) is 4.79 Å². The van der Waals surface area contributed by atoms with Crippen LogP contribution < -0.4 is 5.32 Å². The Labute approximate surface area is 69.4 Å². The van der Waals surface area contributed by atoms with Crippen molar-refractivity contribution in [2.24, 2.45) is 5.41 Å². The molecule has 2 heteroatoms. The van der Waals surface area contributed by atoms with E-state index in [9.17, 15) is 4.79 Å². The fourth-order valence-corrected chi connectivity index (χ4v) is 1.35. The molecule has 0 bridgehead atoms. The Morgan fingerprint density at radius 3 is 2.09 bits per heavy atom. The first kappa shape index (κ1) is 10.6. The molecule has 0 heterocycles. The van der Waals surface area contributed by atoms with Crippen LogP contribution in [0, 0.1) is 5.41 Å². The Morgan fingerprint density at radius 1 is 1.55 bits per heavy atom. The van der Waals surface area contributed by atoms with Gasteiger partial charge in [0.15, 0.2) is 0 Å². The lowest BCUT2D eigenvalue weighted by Gasteiger charge is -2.31. The molecule has 0 aromatic heterocycles. The van der Waals surface area contributed by atoms with Crippen LogP contribution in [-0.4, -0.2) is 18.9 Å². The maximum absolute atomic E-state index is 11.1. The van der Waals surface area contributed by atoms with E-state index in [0.717, 1.165) is 6.42 Å². The van der Waals surface area contributed by atoms with Crippen molar-refractivity contribution in [1.82, 2.24) is 5.32 Å². The Kier molecular flexibility index (Phi) is 3.73. The van der Waals surface area contributed by atoms with Gasteiger partial charge < -0.3 is 5.32 Å². The summed E-state index contributed by atoms with van der Waals surface area (Å²) in [4.78, 5) is 11.1. The molecule has 0 saturated heterocycles. The summed E-state index contributed by atoms with van der Waals surface area (Å²) in [6, 6.07) is -0.00694. The van der Waals surface area contributed by atoms with E-state index in [2.05, 4.69) is 26.1 Å². The molecule has 0 fully saturated rings. The van der Waals surface area contributed by atoms with E-state index in [1.54, 1.807) is 6.92 Å². The highest BCUT2D eigenvalue weighted by molar-refractivity contribution is 5.82. The van der Waals surface area contributed by atoms with Crippen LogP contribution in [0.4, 0.5) is 0 Å². The van der Waals surface area contributed by atoms with Crippen molar-refractivity contribution < 1.29 is 4.79 Å². The van der Waals surface area contributed by atoms with Gasteiger partial charge in [0.25, 0.3) is 0 Å². The van der Waals surface area contributed by atoms with Gasteiger partial charge in [-0.15, -0.1) is 0 Å². The maximum Gasteiger partial charge on any atom is 0.147 e. The summed E-state index contributed by atoms with van der Waals surface area (Å²) in [6.07, 6.45) is 1.01. The molecule has 2 nitrogen and oxygen atoms in total. The lowest BCUT2D eigenvalue weighted by Crippen LogP contribution is -2.44. The average Bonchev–Trinajstić information content (AvgIpc) is 1.88. The van der Waals surface area contributed by atoms with E-state index in [4.69, 9.17) is 0 Å². The third-order valence-electron chi connectivity index (χ3n) is 2.39. The first-order chi connectivity index (χ1) is 4.95. The van der Waals surface area contributed by atoms with Crippen LogP contribution in [0.5, 0.6) is 0 Å². The van der Waals surface area contributed by atoms with Gasteiger partial charge in [0.05, 0.1) is 6.04 Å². The number of likely N-dealkylation sites (N-methyl/N-ethyl adjacent to an activating group) is 1. The molecule has 0 aliphatic carbocycles. The van der Waals surface area contributed by atoms with Gasteiger partial charge in [-0.25, -0.2) is 0 Å². The van der Waals surface area contributed by atoms with Crippen molar-refractivity contribution in [1.29, 1.82) is 0 Å². The van der Waals surface area contributed by atoms with Crippen molar-refractivity contribution in [2.45, 2.75) is 40.2 Å². The molecule has 0 aliphatic rings. The topological polar surface area (TPSA) is 29.1 Å². The summed E-state index contributed by atoms with van der Waals surface area (Å²) < 4.78 is 0. The highest BCUT2D eigenvalue weighted by Gasteiger charge is 2.29. The number of hydrogen-bond acceptors (Lipinski definition) is 2. The van der Waals surface area contributed by atoms with Crippen LogP contribution in [0.15, 0.2) is 0 Å². The van der Waals surface area contributed by atoms with Crippen molar-refractivity contribution in [3.05, 3.63) is 0 Å². The summed E-state index contributed by atoms with van der Waals surface area (Å²) in [7, 11) is 1.84. The Morgan fingerprint density at radius 2 is 2.00 bits per heavy atom. The van der Waals surface area contributed by atoms with Crippen LogP contribution in [0.25, 0.3) is 0 Å². The van der Waals surface area contributed by atoms with Crippen LogP contribution >= 0.6 is 0 Å². The van der Waals surface area contributed by atoms with Gasteiger partial charge >= 0.3 is 0 Å². The number of rotatable bonds is 4. The Balaban J connectivity index is 4.36. The fraction of sp³-hybridized carbons (Fsp3) is 0.889. The first-order valence-corrected chi connectivity index (χ1v) is 4.13. The summed E-state index contributed by atoms with van der Waals surface area (Å²) in [5.74, 6) is 0.222. The average molecular weight is 157 g/mol. The molecule has 0 rings (SSSR count). The van der Waals surface area contributed by atoms with Crippen LogP contribution in [0.1, 0.15) is 34.1 Å². The van der Waals surface area contributed by atoms with E-state index >= 15 is 0 Å². The molecule has 66 valence electrons. The second kappa shape index (κ2) is 3.86. The summed E-state index contributed by atoms with van der Waals surface area (Å²) in [5.41, 5.74) is 0.0700. The van der Waals surface area contributed by atoms with Crippen LogP contribution in [0.3, 0.4) is 0 Å². The SMILES string of the molecule is CCC(C)(C)[C@H](NC)C(C)=O. The number of Topliss-reactive ketones (excluding diaryl/α,β-unsaturated/α-hetero) is 1. The van der Waals surface area contributed by atoms with Gasteiger partial charge in [-0.1, -0.05) is 20.8 Å². The third kappa shape index (κ3) is 2.62. The minimum absolute atomic E-state index is 0.00694. The molecule has 0 amide bonds. The zero-order valence-electron chi connectivity index (χ0n) is 8.19. The quantitative estimate of drug-likeness (QED) is 0.671. The third-order valence-corrected chi connectivity index (χ3v) is 2.39. The van der Waals surface area contributed by atoms with Crippen molar-refractivity contribution in [2.75, 3.05) is 7.05 Å². The van der Waals surface area contributed by atoms with E-state index in [-0.39, 0.29) is 17.2 Å². The smallest absolute Gasteiger partial charge is 0.147 e. The van der Waals surface area contributed by atoms with E-state index in [1.807, 2.05) is 7.05 Å². The highest BCUT2D eigenvalue weighted by atomic mass is 16.1. The largest absolute Gasteiger partial charge is 0.310 e. The second-order valence-corrected chi connectivity index (χ2v) is 3.67. The van der Waals surface area contributed by atoms with Gasteiger partial charge in [0.2, 0.25) is 0 Å². The zero-order chi connectivity index (χ0) is 9.07.